The quantitative estimate of drug-likeness (QED) is 0.349. The summed E-state index contributed by atoms with van der Waals surface area (Å²) in [6.07, 6.45) is -1.14. The van der Waals surface area contributed by atoms with Crippen molar-refractivity contribution in [2.75, 3.05) is 9.96 Å². The Kier molecular flexibility index (Phi) is 5.06. The van der Waals surface area contributed by atoms with Crippen LogP contribution in [0.3, 0.4) is 0 Å². The third-order valence-electron chi connectivity index (χ3n) is 5.92. The molecule has 5 rings (SSSR count). The lowest BCUT2D eigenvalue weighted by atomic mass is 9.90. The van der Waals surface area contributed by atoms with Gasteiger partial charge in [-0.1, -0.05) is 30.3 Å². The van der Waals surface area contributed by atoms with Gasteiger partial charge in [0.2, 0.25) is 5.91 Å². The molecule has 34 heavy (non-hydrogen) atoms. The predicted octanol–water partition coefficient (Wildman–Crippen LogP) is 3.34. The SMILES string of the molecule is O=C(O)c1ccc(N2C(=O)[C@H]3[C@H](ON(c4ccccc4)[C@@H]3c3cccc([N+](=O)[O-])c3)C2=O)cc1. The van der Waals surface area contributed by atoms with Crippen LogP contribution in [0, 0.1) is 16.0 Å². The van der Waals surface area contributed by atoms with Gasteiger partial charge in [0.25, 0.3) is 11.6 Å². The van der Waals surface area contributed by atoms with Gasteiger partial charge in [0.05, 0.1) is 27.9 Å². The summed E-state index contributed by atoms with van der Waals surface area (Å²) in [5, 5.41) is 21.9. The fourth-order valence-electron chi connectivity index (χ4n) is 4.38. The van der Waals surface area contributed by atoms with E-state index in [1.165, 1.54) is 47.5 Å². The molecule has 0 radical (unpaired) electrons. The summed E-state index contributed by atoms with van der Waals surface area (Å²) in [6, 6.07) is 19.3. The number of amides is 2. The number of non-ortho nitro benzene ring substituents is 1. The Balaban J connectivity index is 1.57. The number of hydrogen-bond acceptors (Lipinski definition) is 7. The third-order valence-corrected chi connectivity index (χ3v) is 5.92. The average Bonchev–Trinajstić information content (AvgIpc) is 3.35. The van der Waals surface area contributed by atoms with Crippen molar-refractivity contribution in [1.29, 1.82) is 0 Å². The molecule has 1 N–H and O–H groups in total. The van der Waals surface area contributed by atoms with Crippen LogP contribution >= 0.6 is 0 Å². The topological polar surface area (TPSA) is 130 Å². The maximum Gasteiger partial charge on any atom is 0.335 e. The highest BCUT2D eigenvalue weighted by molar-refractivity contribution is 6.24. The van der Waals surface area contributed by atoms with Crippen LogP contribution < -0.4 is 9.96 Å². The molecule has 3 aromatic rings. The molecule has 2 fully saturated rings. The minimum atomic E-state index is -1.14. The first-order valence-corrected chi connectivity index (χ1v) is 10.3. The Morgan fingerprint density at radius 3 is 2.26 bits per heavy atom. The van der Waals surface area contributed by atoms with Crippen molar-refractivity contribution in [3.8, 4) is 0 Å². The number of para-hydroxylation sites is 1. The summed E-state index contributed by atoms with van der Waals surface area (Å²) < 4.78 is 0. The highest BCUT2D eigenvalue weighted by Crippen LogP contribution is 2.47. The van der Waals surface area contributed by atoms with E-state index in [0.29, 0.717) is 11.3 Å². The molecule has 3 atom stereocenters. The Hall–Kier alpha value is -4.57. The van der Waals surface area contributed by atoms with Gasteiger partial charge in [-0.25, -0.2) is 14.8 Å². The molecule has 2 amide bonds. The summed E-state index contributed by atoms with van der Waals surface area (Å²) in [5.74, 6) is -3.22. The number of fused-ring (bicyclic) bond motifs is 1. The summed E-state index contributed by atoms with van der Waals surface area (Å²) in [6.45, 7) is 0. The maximum atomic E-state index is 13.5. The molecule has 2 aliphatic rings. The number of carbonyl (C=O) groups excluding carboxylic acids is 2. The lowest BCUT2D eigenvalue weighted by Gasteiger charge is -2.28. The number of carboxylic acid groups (broad SMARTS) is 1. The highest BCUT2D eigenvalue weighted by Gasteiger charge is 2.60. The minimum Gasteiger partial charge on any atom is -0.478 e. The van der Waals surface area contributed by atoms with E-state index in [2.05, 4.69) is 0 Å². The summed E-state index contributed by atoms with van der Waals surface area (Å²) in [7, 11) is 0. The van der Waals surface area contributed by atoms with Crippen LogP contribution in [-0.2, 0) is 14.4 Å². The number of nitrogens with zero attached hydrogens (tertiary/aromatic N) is 3. The number of imide groups is 1. The van der Waals surface area contributed by atoms with Gasteiger partial charge < -0.3 is 5.11 Å². The molecular formula is C24H17N3O7. The first-order chi connectivity index (χ1) is 16.4. The third kappa shape index (κ3) is 3.37. The van der Waals surface area contributed by atoms with E-state index >= 15 is 0 Å². The summed E-state index contributed by atoms with van der Waals surface area (Å²) in [4.78, 5) is 55.8. The van der Waals surface area contributed by atoms with Gasteiger partial charge in [-0.2, -0.15) is 0 Å². The van der Waals surface area contributed by atoms with E-state index in [-0.39, 0.29) is 16.9 Å². The van der Waals surface area contributed by atoms with Crippen molar-refractivity contribution in [2.45, 2.75) is 12.1 Å². The lowest BCUT2D eigenvalue weighted by molar-refractivity contribution is -0.384. The van der Waals surface area contributed by atoms with Crippen molar-refractivity contribution >= 4 is 34.8 Å². The summed E-state index contributed by atoms with van der Waals surface area (Å²) >= 11 is 0. The Bertz CT molecular complexity index is 1310. The highest BCUT2D eigenvalue weighted by atomic mass is 16.7. The second-order valence-electron chi connectivity index (χ2n) is 7.87. The molecule has 0 saturated carbocycles. The number of anilines is 2. The Morgan fingerprint density at radius 2 is 1.62 bits per heavy atom. The number of carboxylic acids is 1. The largest absolute Gasteiger partial charge is 0.478 e. The van der Waals surface area contributed by atoms with Crippen molar-refractivity contribution in [3.63, 3.8) is 0 Å². The fourth-order valence-corrected chi connectivity index (χ4v) is 4.38. The van der Waals surface area contributed by atoms with Crippen LogP contribution in [0.15, 0.2) is 78.9 Å². The molecule has 2 saturated heterocycles. The van der Waals surface area contributed by atoms with E-state index in [1.807, 2.05) is 6.07 Å². The van der Waals surface area contributed by atoms with Crippen LogP contribution in [0.4, 0.5) is 17.1 Å². The normalized spacial score (nSPS) is 21.6. The van der Waals surface area contributed by atoms with Crippen LogP contribution in [-0.4, -0.2) is 33.9 Å². The molecule has 0 aliphatic carbocycles. The van der Waals surface area contributed by atoms with E-state index in [0.717, 1.165) is 4.90 Å². The van der Waals surface area contributed by atoms with Crippen molar-refractivity contribution in [1.82, 2.24) is 0 Å². The number of nitro benzene ring substituents is 1. The first-order valence-electron chi connectivity index (χ1n) is 10.3. The zero-order valence-corrected chi connectivity index (χ0v) is 17.5. The Labute approximate surface area is 192 Å². The van der Waals surface area contributed by atoms with Crippen LogP contribution in [0.2, 0.25) is 0 Å². The van der Waals surface area contributed by atoms with Crippen molar-refractivity contribution in [2.24, 2.45) is 5.92 Å². The molecule has 3 aromatic carbocycles. The van der Waals surface area contributed by atoms with E-state index < -0.39 is 40.8 Å². The molecule has 2 aliphatic heterocycles. The lowest BCUT2D eigenvalue weighted by Crippen LogP contribution is -2.37. The average molecular weight is 459 g/mol. The number of hydroxylamine groups is 1. The van der Waals surface area contributed by atoms with Gasteiger partial charge in [-0.3, -0.25) is 24.5 Å². The standard InChI is InChI=1S/C24H17N3O7/c28-22-19-20(15-5-4-8-18(13-15)27(32)33)26(17-6-2-1-3-7-17)34-21(19)23(29)25(22)16-11-9-14(10-12-16)24(30)31/h1-13,19-21H,(H,30,31)/t19-,20-,21+/m1/s1. The number of benzene rings is 3. The zero-order chi connectivity index (χ0) is 24.0. The maximum absolute atomic E-state index is 13.5. The van der Waals surface area contributed by atoms with E-state index in [1.54, 1.807) is 30.3 Å². The molecule has 10 nitrogen and oxygen atoms in total. The van der Waals surface area contributed by atoms with Gasteiger partial charge >= 0.3 is 5.97 Å². The number of rotatable bonds is 5. The monoisotopic (exact) mass is 459 g/mol. The first kappa shape index (κ1) is 21.3. The van der Waals surface area contributed by atoms with E-state index in [9.17, 15) is 24.5 Å². The van der Waals surface area contributed by atoms with Gasteiger partial charge in [-0.05, 0) is 42.0 Å². The van der Waals surface area contributed by atoms with Gasteiger partial charge in [0.1, 0.15) is 5.92 Å². The van der Waals surface area contributed by atoms with Gasteiger partial charge in [0.15, 0.2) is 6.10 Å². The van der Waals surface area contributed by atoms with Crippen LogP contribution in [0.1, 0.15) is 22.0 Å². The van der Waals surface area contributed by atoms with Gasteiger partial charge in [-0.15, -0.1) is 0 Å². The number of nitro groups is 1. The number of carbonyl (C=O) groups is 3. The van der Waals surface area contributed by atoms with E-state index in [4.69, 9.17) is 9.94 Å². The molecule has 2 heterocycles. The molecule has 0 spiro atoms. The number of hydrogen-bond donors (Lipinski definition) is 1. The van der Waals surface area contributed by atoms with Crippen molar-refractivity contribution in [3.05, 3.63) is 100 Å². The fraction of sp³-hybridized carbons (Fsp3) is 0.125. The van der Waals surface area contributed by atoms with Crippen molar-refractivity contribution < 1.29 is 29.3 Å². The van der Waals surface area contributed by atoms with Gasteiger partial charge in [0, 0.05) is 12.1 Å². The minimum absolute atomic E-state index is 0.0176. The second kappa shape index (κ2) is 8.09. The molecule has 10 heteroatoms. The van der Waals surface area contributed by atoms with Crippen LogP contribution in [0.5, 0.6) is 0 Å². The number of aromatic carboxylic acids is 1. The molecule has 0 aromatic heterocycles. The summed E-state index contributed by atoms with van der Waals surface area (Å²) in [5.41, 5.74) is 1.14. The molecule has 0 bridgehead atoms. The smallest absolute Gasteiger partial charge is 0.335 e. The molecule has 170 valence electrons. The predicted molar refractivity (Wildman–Crippen MR) is 119 cm³/mol. The Morgan fingerprint density at radius 1 is 0.912 bits per heavy atom. The molecular weight excluding hydrogens is 442 g/mol. The molecule has 0 unspecified atom stereocenters. The zero-order valence-electron chi connectivity index (χ0n) is 17.5. The van der Waals surface area contributed by atoms with Crippen LogP contribution in [0.25, 0.3) is 0 Å². The second-order valence-corrected chi connectivity index (χ2v) is 7.87.